The smallest absolute Gasteiger partial charge is 0.206 e. The highest BCUT2D eigenvalue weighted by Crippen LogP contribution is 2.29. The van der Waals surface area contributed by atoms with Gasteiger partial charge in [-0.05, 0) is 41.9 Å². The fourth-order valence-corrected chi connectivity index (χ4v) is 5.35. The number of halogens is 2. The van der Waals surface area contributed by atoms with E-state index in [1.54, 1.807) is 12.1 Å². The third-order valence-electron chi connectivity index (χ3n) is 1.99. The Hall–Kier alpha value is 0.380. The Labute approximate surface area is 114 Å². The van der Waals surface area contributed by atoms with E-state index in [1.807, 2.05) is 13.8 Å². The van der Waals surface area contributed by atoms with E-state index in [0.717, 1.165) is 3.79 Å². The van der Waals surface area contributed by atoms with Crippen LogP contribution in [-0.4, -0.2) is 31.2 Å². The zero-order valence-corrected chi connectivity index (χ0v) is 13.0. The van der Waals surface area contributed by atoms with E-state index in [1.165, 1.54) is 15.6 Å². The lowest BCUT2D eigenvalue weighted by Gasteiger charge is -2.24. The summed E-state index contributed by atoms with van der Waals surface area (Å²) in [5, 5.41) is 0. The Bertz CT molecular complexity index is 444. The normalized spacial score (nSPS) is 12.6. The Morgan fingerprint density at radius 1 is 1.50 bits per heavy atom. The summed E-state index contributed by atoms with van der Waals surface area (Å²) in [6.45, 7) is 4.01. The van der Waals surface area contributed by atoms with Gasteiger partial charge >= 0.3 is 0 Å². The minimum atomic E-state index is -3.40. The van der Waals surface area contributed by atoms with Crippen LogP contribution in [0.25, 0.3) is 0 Å². The topological polar surface area (TPSA) is 37.4 Å². The average molecular weight is 347 g/mol. The van der Waals surface area contributed by atoms with Crippen LogP contribution in [0.5, 0.6) is 0 Å². The van der Waals surface area contributed by atoms with Gasteiger partial charge in [0.1, 0.15) is 4.21 Å². The van der Waals surface area contributed by atoms with Crippen molar-refractivity contribution in [2.24, 2.45) is 0 Å². The maximum atomic E-state index is 12.2. The molecule has 0 radical (unpaired) electrons. The summed E-state index contributed by atoms with van der Waals surface area (Å²) in [6.07, 6.45) is 0. The Kier molecular flexibility index (Phi) is 5.25. The second kappa shape index (κ2) is 5.82. The minimum absolute atomic E-state index is 0.0929. The van der Waals surface area contributed by atoms with Crippen LogP contribution >= 0.6 is 38.9 Å². The van der Waals surface area contributed by atoms with Crippen molar-refractivity contribution < 1.29 is 8.42 Å². The quantitative estimate of drug-likeness (QED) is 0.768. The largest absolute Gasteiger partial charge is 0.252 e. The summed E-state index contributed by atoms with van der Waals surface area (Å²) in [5.74, 6) is 0.296. The molecule has 1 aromatic heterocycles. The summed E-state index contributed by atoms with van der Waals surface area (Å²) >= 11 is 10.1. The molecule has 0 aliphatic heterocycles. The van der Waals surface area contributed by atoms with E-state index in [-0.39, 0.29) is 6.04 Å². The van der Waals surface area contributed by atoms with E-state index in [4.69, 9.17) is 11.6 Å². The summed E-state index contributed by atoms with van der Waals surface area (Å²) in [5.41, 5.74) is 0. The highest BCUT2D eigenvalue weighted by atomic mass is 79.9. The van der Waals surface area contributed by atoms with Crippen LogP contribution < -0.4 is 0 Å². The molecule has 0 saturated heterocycles. The molecule has 92 valence electrons. The Morgan fingerprint density at radius 2 is 2.12 bits per heavy atom. The van der Waals surface area contributed by atoms with Crippen molar-refractivity contribution in [2.45, 2.75) is 24.1 Å². The van der Waals surface area contributed by atoms with Crippen molar-refractivity contribution >= 4 is 48.9 Å². The third kappa shape index (κ3) is 3.20. The minimum Gasteiger partial charge on any atom is -0.206 e. The van der Waals surface area contributed by atoms with Gasteiger partial charge in [0.15, 0.2) is 0 Å². The molecule has 1 rings (SSSR count). The number of alkyl halides is 1. The monoisotopic (exact) mass is 345 g/mol. The van der Waals surface area contributed by atoms with E-state index in [0.29, 0.717) is 16.6 Å². The van der Waals surface area contributed by atoms with Crippen LogP contribution in [0.15, 0.2) is 20.1 Å². The molecular weight excluding hydrogens is 334 g/mol. The molecule has 0 N–H and O–H groups in total. The molecule has 0 amide bonds. The van der Waals surface area contributed by atoms with Crippen LogP contribution in [0, 0.1) is 0 Å². The number of hydrogen-bond acceptors (Lipinski definition) is 3. The van der Waals surface area contributed by atoms with Gasteiger partial charge in [0.05, 0.1) is 3.79 Å². The van der Waals surface area contributed by atoms with Gasteiger partial charge in [0.2, 0.25) is 0 Å². The molecule has 0 fully saturated rings. The van der Waals surface area contributed by atoms with Gasteiger partial charge in [-0.2, -0.15) is 4.31 Å². The summed E-state index contributed by atoms with van der Waals surface area (Å²) in [4.78, 5) is 0. The standard InChI is InChI=1S/C9H13BrClNO2S2/c1-7(2)12(6-5-11)16(13,14)9-4-3-8(10)15-9/h3-4,7H,5-6H2,1-2H3. The number of thiophene rings is 1. The molecule has 0 saturated carbocycles. The molecule has 0 unspecified atom stereocenters. The average Bonchev–Trinajstić information content (AvgIpc) is 2.61. The molecule has 0 atom stereocenters. The fraction of sp³-hybridized carbons (Fsp3) is 0.556. The predicted molar refractivity (Wildman–Crippen MR) is 71.8 cm³/mol. The van der Waals surface area contributed by atoms with Gasteiger partial charge in [-0.3, -0.25) is 0 Å². The maximum Gasteiger partial charge on any atom is 0.252 e. The van der Waals surface area contributed by atoms with Crippen molar-refractivity contribution in [2.75, 3.05) is 12.4 Å². The van der Waals surface area contributed by atoms with Gasteiger partial charge in [-0.15, -0.1) is 22.9 Å². The molecule has 0 bridgehead atoms. The second-order valence-corrected chi connectivity index (χ2v) is 8.42. The first-order valence-electron chi connectivity index (χ1n) is 4.72. The van der Waals surface area contributed by atoms with E-state index < -0.39 is 10.0 Å². The SMILES string of the molecule is CC(C)N(CCCl)S(=O)(=O)c1ccc(Br)s1. The van der Waals surface area contributed by atoms with Gasteiger partial charge in [-0.1, -0.05) is 0 Å². The molecule has 0 aliphatic carbocycles. The highest BCUT2D eigenvalue weighted by Gasteiger charge is 2.27. The van der Waals surface area contributed by atoms with Gasteiger partial charge in [-0.25, -0.2) is 8.42 Å². The van der Waals surface area contributed by atoms with Crippen molar-refractivity contribution in [3.63, 3.8) is 0 Å². The molecule has 3 nitrogen and oxygen atoms in total. The number of hydrogen-bond donors (Lipinski definition) is 0. The predicted octanol–water partition coefficient (Wildman–Crippen LogP) is 3.15. The van der Waals surface area contributed by atoms with Crippen molar-refractivity contribution in [1.29, 1.82) is 0 Å². The van der Waals surface area contributed by atoms with Crippen LogP contribution in [-0.2, 0) is 10.0 Å². The molecule has 0 aliphatic rings. The van der Waals surface area contributed by atoms with Crippen molar-refractivity contribution in [1.82, 2.24) is 4.31 Å². The Balaban J connectivity index is 3.08. The molecule has 16 heavy (non-hydrogen) atoms. The highest BCUT2D eigenvalue weighted by molar-refractivity contribution is 9.11. The van der Waals surface area contributed by atoms with Gasteiger partial charge in [0, 0.05) is 18.5 Å². The first kappa shape index (κ1) is 14.4. The summed E-state index contributed by atoms with van der Waals surface area (Å²) in [6, 6.07) is 3.24. The molecule has 1 aromatic rings. The van der Waals surface area contributed by atoms with Crippen molar-refractivity contribution in [3.05, 3.63) is 15.9 Å². The first-order chi connectivity index (χ1) is 7.39. The van der Waals surface area contributed by atoms with Gasteiger partial charge < -0.3 is 0 Å². The zero-order valence-electron chi connectivity index (χ0n) is 8.98. The second-order valence-electron chi connectivity index (χ2n) is 3.46. The number of sulfonamides is 1. The molecule has 1 heterocycles. The van der Waals surface area contributed by atoms with Crippen LogP contribution in [0.4, 0.5) is 0 Å². The molecule has 0 spiro atoms. The Morgan fingerprint density at radius 3 is 2.50 bits per heavy atom. The van der Waals surface area contributed by atoms with Crippen LogP contribution in [0.3, 0.4) is 0 Å². The van der Waals surface area contributed by atoms with Gasteiger partial charge in [0.25, 0.3) is 10.0 Å². The summed E-state index contributed by atoms with van der Waals surface area (Å²) < 4.78 is 27.0. The third-order valence-corrected chi connectivity index (χ3v) is 6.33. The molecule has 7 heteroatoms. The zero-order chi connectivity index (χ0) is 12.3. The number of rotatable bonds is 5. The lowest BCUT2D eigenvalue weighted by molar-refractivity contribution is 0.371. The van der Waals surface area contributed by atoms with Crippen LogP contribution in [0.2, 0.25) is 0 Å². The molecule has 0 aromatic carbocycles. The van der Waals surface area contributed by atoms with E-state index in [2.05, 4.69) is 15.9 Å². The van der Waals surface area contributed by atoms with E-state index in [9.17, 15) is 8.42 Å². The number of nitrogens with zero attached hydrogens (tertiary/aromatic N) is 1. The first-order valence-corrected chi connectivity index (χ1v) is 8.31. The molecular formula is C9H13BrClNO2S2. The lowest BCUT2D eigenvalue weighted by Crippen LogP contribution is -2.37. The van der Waals surface area contributed by atoms with Crippen molar-refractivity contribution in [3.8, 4) is 0 Å². The van der Waals surface area contributed by atoms with E-state index >= 15 is 0 Å². The fourth-order valence-electron chi connectivity index (χ4n) is 1.29. The maximum absolute atomic E-state index is 12.2. The van der Waals surface area contributed by atoms with Crippen LogP contribution in [0.1, 0.15) is 13.8 Å². The lowest BCUT2D eigenvalue weighted by atomic mass is 10.4. The summed E-state index contributed by atoms with van der Waals surface area (Å²) in [7, 11) is -3.40.